The van der Waals surface area contributed by atoms with Gasteiger partial charge in [0.25, 0.3) is 0 Å². The molecule has 0 radical (unpaired) electrons. The van der Waals surface area contributed by atoms with Crippen molar-refractivity contribution in [2.45, 2.75) is 6.92 Å². The van der Waals surface area contributed by atoms with Crippen molar-refractivity contribution in [3.05, 3.63) is 26.1 Å². The Morgan fingerprint density at radius 1 is 1.59 bits per heavy atom. The Kier molecular flexibility index (Phi) is 4.17. The van der Waals surface area contributed by atoms with E-state index >= 15 is 0 Å². The number of thiol groups is 1. The number of rotatable bonds is 4. The SMILES string of the molecule is CCN(CCS)c1cc(=O)c2scc(Br)c2o1. The van der Waals surface area contributed by atoms with E-state index in [1.165, 1.54) is 11.3 Å². The second-order valence-corrected chi connectivity index (χ2v) is 5.68. The first-order chi connectivity index (χ1) is 8.17. The monoisotopic (exact) mass is 333 g/mol. The van der Waals surface area contributed by atoms with Crippen LogP contribution in [0.2, 0.25) is 0 Å². The summed E-state index contributed by atoms with van der Waals surface area (Å²) >= 11 is 8.99. The smallest absolute Gasteiger partial charge is 0.204 e. The summed E-state index contributed by atoms with van der Waals surface area (Å²) in [6.45, 7) is 3.57. The topological polar surface area (TPSA) is 33.5 Å². The van der Waals surface area contributed by atoms with E-state index in [1.54, 1.807) is 6.07 Å². The number of fused-ring (bicyclic) bond motifs is 1. The van der Waals surface area contributed by atoms with E-state index in [1.807, 2.05) is 17.2 Å². The van der Waals surface area contributed by atoms with Gasteiger partial charge in [-0.3, -0.25) is 4.79 Å². The molecular formula is C11H12BrNO2S2. The highest BCUT2D eigenvalue weighted by atomic mass is 79.9. The van der Waals surface area contributed by atoms with Gasteiger partial charge in [0, 0.05) is 30.3 Å². The summed E-state index contributed by atoms with van der Waals surface area (Å²) in [6, 6.07) is 1.55. The van der Waals surface area contributed by atoms with Crippen molar-refractivity contribution in [2.75, 3.05) is 23.7 Å². The third-order valence-electron chi connectivity index (χ3n) is 2.45. The van der Waals surface area contributed by atoms with Gasteiger partial charge in [-0.2, -0.15) is 12.6 Å². The van der Waals surface area contributed by atoms with E-state index in [-0.39, 0.29) is 5.43 Å². The van der Waals surface area contributed by atoms with Gasteiger partial charge in [0.2, 0.25) is 5.43 Å². The van der Waals surface area contributed by atoms with Gasteiger partial charge in [-0.05, 0) is 22.9 Å². The van der Waals surface area contributed by atoms with Gasteiger partial charge in [-0.1, -0.05) is 0 Å². The maximum atomic E-state index is 11.9. The molecule has 2 rings (SSSR count). The van der Waals surface area contributed by atoms with Crippen LogP contribution < -0.4 is 10.3 Å². The summed E-state index contributed by atoms with van der Waals surface area (Å²) in [5.74, 6) is 1.33. The normalized spacial score (nSPS) is 11.0. The molecule has 92 valence electrons. The lowest BCUT2D eigenvalue weighted by molar-refractivity contribution is 0.578. The zero-order valence-corrected chi connectivity index (χ0v) is 12.6. The van der Waals surface area contributed by atoms with Crippen molar-refractivity contribution < 1.29 is 4.42 Å². The average Bonchev–Trinajstić information content (AvgIpc) is 2.69. The van der Waals surface area contributed by atoms with Gasteiger partial charge in [-0.25, -0.2) is 0 Å². The summed E-state index contributed by atoms with van der Waals surface area (Å²) in [7, 11) is 0. The minimum absolute atomic E-state index is 0.00886. The number of anilines is 1. The van der Waals surface area contributed by atoms with Gasteiger partial charge < -0.3 is 9.32 Å². The molecule has 0 aliphatic heterocycles. The molecule has 0 aliphatic carbocycles. The molecule has 2 aromatic heterocycles. The van der Waals surface area contributed by atoms with Gasteiger partial charge in [0.15, 0.2) is 11.5 Å². The maximum absolute atomic E-state index is 11.9. The number of thiophene rings is 1. The lowest BCUT2D eigenvalue weighted by Gasteiger charge is -2.19. The van der Waals surface area contributed by atoms with Crippen molar-refractivity contribution in [1.29, 1.82) is 0 Å². The highest BCUT2D eigenvalue weighted by molar-refractivity contribution is 9.10. The molecule has 0 fully saturated rings. The Hall–Kier alpha value is -0.460. The molecule has 0 amide bonds. The van der Waals surface area contributed by atoms with Crippen LogP contribution in [0.3, 0.4) is 0 Å². The largest absolute Gasteiger partial charge is 0.438 e. The van der Waals surface area contributed by atoms with E-state index < -0.39 is 0 Å². The lowest BCUT2D eigenvalue weighted by atomic mass is 10.4. The Morgan fingerprint density at radius 2 is 2.35 bits per heavy atom. The average molecular weight is 334 g/mol. The summed E-state index contributed by atoms with van der Waals surface area (Å²) in [4.78, 5) is 13.9. The van der Waals surface area contributed by atoms with Gasteiger partial charge in [0.1, 0.15) is 4.70 Å². The number of nitrogens with zero attached hydrogens (tertiary/aromatic N) is 1. The second-order valence-electron chi connectivity index (χ2n) is 3.49. The highest BCUT2D eigenvalue weighted by Crippen LogP contribution is 2.30. The van der Waals surface area contributed by atoms with Crippen LogP contribution in [-0.4, -0.2) is 18.8 Å². The minimum atomic E-state index is 0.00886. The quantitative estimate of drug-likeness (QED) is 0.871. The van der Waals surface area contributed by atoms with E-state index in [9.17, 15) is 4.79 Å². The summed E-state index contributed by atoms with van der Waals surface area (Å²) < 4.78 is 7.26. The highest BCUT2D eigenvalue weighted by Gasteiger charge is 2.13. The first-order valence-electron chi connectivity index (χ1n) is 5.24. The molecule has 0 saturated carbocycles. The molecule has 0 unspecified atom stereocenters. The number of hydrogen-bond donors (Lipinski definition) is 1. The van der Waals surface area contributed by atoms with Crippen LogP contribution >= 0.6 is 39.9 Å². The Morgan fingerprint density at radius 3 is 3.00 bits per heavy atom. The molecule has 0 spiro atoms. The zero-order valence-electron chi connectivity index (χ0n) is 9.27. The van der Waals surface area contributed by atoms with Crippen LogP contribution in [0.25, 0.3) is 10.3 Å². The predicted molar refractivity (Wildman–Crippen MR) is 79.8 cm³/mol. The van der Waals surface area contributed by atoms with Crippen molar-refractivity contribution >= 4 is 56.1 Å². The summed E-state index contributed by atoms with van der Waals surface area (Å²) in [5.41, 5.74) is 0.643. The number of hydrogen-bond acceptors (Lipinski definition) is 5. The molecule has 0 bridgehead atoms. The summed E-state index contributed by atoms with van der Waals surface area (Å²) in [5, 5.41) is 1.87. The van der Waals surface area contributed by atoms with Gasteiger partial charge in [0.05, 0.1) is 4.47 Å². The van der Waals surface area contributed by atoms with Gasteiger partial charge in [-0.15, -0.1) is 11.3 Å². The Balaban J connectivity index is 2.55. The van der Waals surface area contributed by atoms with E-state index in [0.717, 1.165) is 23.3 Å². The Labute approximate surface area is 117 Å². The first-order valence-corrected chi connectivity index (χ1v) is 7.54. The third kappa shape index (κ3) is 2.53. The molecule has 6 heteroatoms. The fourth-order valence-corrected chi connectivity index (χ4v) is 3.30. The molecule has 17 heavy (non-hydrogen) atoms. The molecule has 0 saturated heterocycles. The molecule has 0 atom stereocenters. The predicted octanol–water partition coefficient (Wildman–Crippen LogP) is 3.37. The van der Waals surface area contributed by atoms with Crippen LogP contribution in [0.4, 0.5) is 5.88 Å². The standard InChI is InChI=1S/C11H12BrNO2S2/c1-2-13(3-4-16)9-5-8(14)11-10(15-9)7(12)6-17-11/h5-6,16H,2-4H2,1H3. The van der Waals surface area contributed by atoms with Crippen LogP contribution in [-0.2, 0) is 0 Å². The van der Waals surface area contributed by atoms with Crippen LogP contribution in [0, 0.1) is 0 Å². The van der Waals surface area contributed by atoms with Crippen molar-refractivity contribution in [2.24, 2.45) is 0 Å². The molecule has 2 heterocycles. The maximum Gasteiger partial charge on any atom is 0.204 e. The van der Waals surface area contributed by atoms with Crippen LogP contribution in [0.5, 0.6) is 0 Å². The third-order valence-corrected chi connectivity index (χ3v) is 4.52. The van der Waals surface area contributed by atoms with Gasteiger partial charge >= 0.3 is 0 Å². The van der Waals surface area contributed by atoms with E-state index in [2.05, 4.69) is 28.6 Å². The molecule has 2 aromatic rings. The van der Waals surface area contributed by atoms with Crippen molar-refractivity contribution in [1.82, 2.24) is 0 Å². The van der Waals surface area contributed by atoms with Crippen LogP contribution in [0.15, 0.2) is 25.1 Å². The van der Waals surface area contributed by atoms with Crippen LogP contribution in [0.1, 0.15) is 6.92 Å². The minimum Gasteiger partial charge on any atom is -0.438 e. The molecule has 0 N–H and O–H groups in total. The van der Waals surface area contributed by atoms with Crippen molar-refractivity contribution in [3.8, 4) is 0 Å². The fourth-order valence-electron chi connectivity index (χ4n) is 1.60. The van der Waals surface area contributed by atoms with Crippen molar-refractivity contribution in [3.63, 3.8) is 0 Å². The molecule has 0 aliphatic rings. The second kappa shape index (κ2) is 5.46. The zero-order chi connectivity index (χ0) is 12.4. The molecular weight excluding hydrogens is 322 g/mol. The van der Waals surface area contributed by atoms with E-state index in [4.69, 9.17) is 4.42 Å². The first kappa shape index (κ1) is 13.0. The number of halogens is 1. The van der Waals surface area contributed by atoms with E-state index in [0.29, 0.717) is 16.2 Å². The fraction of sp³-hybridized carbons (Fsp3) is 0.364. The summed E-state index contributed by atoms with van der Waals surface area (Å²) in [6.07, 6.45) is 0. The lowest BCUT2D eigenvalue weighted by Crippen LogP contribution is -2.25. The Bertz CT molecular complexity index is 578. The molecule has 3 nitrogen and oxygen atoms in total. The molecule has 0 aromatic carbocycles.